The van der Waals surface area contributed by atoms with Gasteiger partial charge in [0.1, 0.15) is 0 Å². The van der Waals surface area contributed by atoms with Crippen LogP contribution in [0, 0.1) is 0 Å². The summed E-state index contributed by atoms with van der Waals surface area (Å²) in [7, 11) is 1.77. The minimum atomic E-state index is -0.943. The number of hydrogen-bond acceptors (Lipinski definition) is 2. The Balaban J connectivity index is 2.58. The Bertz CT molecular complexity index is 512. The molecule has 0 atom stereocenters. The number of carbonyl (C=O) groups excluding carboxylic acids is 1. The molecule has 5 heteroatoms. The number of nitrogens with one attached hydrogen (secondary N) is 1. The number of carbonyl (C=O) groups is 2. The van der Waals surface area contributed by atoms with Gasteiger partial charge in [0.2, 0.25) is 0 Å². The Hall–Kier alpha value is -2.04. The van der Waals surface area contributed by atoms with Gasteiger partial charge >= 0.3 is 12.0 Å². The molecule has 21 heavy (non-hydrogen) atoms. The van der Waals surface area contributed by atoms with E-state index in [9.17, 15) is 9.59 Å². The monoisotopic (exact) mass is 292 g/mol. The van der Waals surface area contributed by atoms with Gasteiger partial charge in [-0.1, -0.05) is 25.1 Å². The van der Waals surface area contributed by atoms with Gasteiger partial charge in [0, 0.05) is 19.1 Å². The number of aromatic carboxylic acids is 1. The molecule has 0 saturated heterocycles. The molecular weight excluding hydrogens is 268 g/mol. The van der Waals surface area contributed by atoms with Crippen molar-refractivity contribution in [3.8, 4) is 0 Å². The lowest BCUT2D eigenvalue weighted by atomic mass is 10.0. The van der Waals surface area contributed by atoms with Gasteiger partial charge in [0.25, 0.3) is 0 Å². The Morgan fingerprint density at radius 1 is 1.29 bits per heavy atom. The van der Waals surface area contributed by atoms with Gasteiger partial charge in [-0.3, -0.25) is 0 Å². The van der Waals surface area contributed by atoms with Gasteiger partial charge in [-0.05, 0) is 38.3 Å². The topological polar surface area (TPSA) is 69.6 Å². The summed E-state index contributed by atoms with van der Waals surface area (Å²) in [5.41, 5.74) is 0.806. The van der Waals surface area contributed by atoms with Crippen LogP contribution in [0.5, 0.6) is 0 Å². The molecule has 0 aliphatic rings. The smallest absolute Gasteiger partial charge is 0.335 e. The molecule has 0 aliphatic carbocycles. The summed E-state index contributed by atoms with van der Waals surface area (Å²) in [4.78, 5) is 24.8. The zero-order chi connectivity index (χ0) is 16.0. The standard InChI is InChI=1S/C16H24N2O3/c1-5-16(2,3)18(4)15(21)17-11-10-12-8-6-7-9-13(12)14(19)20/h6-9H,5,10-11H2,1-4H3,(H,17,21)(H,19,20). The van der Waals surface area contributed by atoms with Crippen molar-refractivity contribution in [2.24, 2.45) is 0 Å². The van der Waals surface area contributed by atoms with Crippen LogP contribution >= 0.6 is 0 Å². The molecule has 0 spiro atoms. The number of rotatable bonds is 6. The molecule has 2 N–H and O–H groups in total. The summed E-state index contributed by atoms with van der Waals surface area (Å²) >= 11 is 0. The number of carboxylic acid groups (broad SMARTS) is 1. The van der Waals surface area contributed by atoms with Gasteiger partial charge < -0.3 is 15.3 Å². The first kappa shape index (κ1) is 17.0. The van der Waals surface area contributed by atoms with Crippen molar-refractivity contribution in [2.45, 2.75) is 39.2 Å². The maximum absolute atomic E-state index is 12.1. The molecule has 2 amide bonds. The predicted molar refractivity (Wildman–Crippen MR) is 82.6 cm³/mol. The highest BCUT2D eigenvalue weighted by molar-refractivity contribution is 5.89. The Morgan fingerprint density at radius 2 is 1.90 bits per heavy atom. The number of urea groups is 1. The third kappa shape index (κ3) is 4.48. The first-order chi connectivity index (χ1) is 9.79. The summed E-state index contributed by atoms with van der Waals surface area (Å²) in [6.45, 7) is 6.46. The molecule has 0 saturated carbocycles. The minimum Gasteiger partial charge on any atom is -0.478 e. The van der Waals surface area contributed by atoms with E-state index in [0.29, 0.717) is 13.0 Å². The number of benzene rings is 1. The van der Waals surface area contributed by atoms with Crippen LogP contribution in [0.2, 0.25) is 0 Å². The zero-order valence-corrected chi connectivity index (χ0v) is 13.1. The fourth-order valence-electron chi connectivity index (χ4n) is 1.88. The molecule has 0 fully saturated rings. The Labute approximate surface area is 126 Å². The molecular formula is C16H24N2O3. The SMILES string of the molecule is CCC(C)(C)N(C)C(=O)NCCc1ccccc1C(=O)O. The molecule has 0 heterocycles. The van der Waals surface area contributed by atoms with E-state index in [1.54, 1.807) is 36.2 Å². The van der Waals surface area contributed by atoms with Gasteiger partial charge in [0.05, 0.1) is 5.56 Å². The highest BCUT2D eigenvalue weighted by atomic mass is 16.4. The van der Waals surface area contributed by atoms with E-state index in [4.69, 9.17) is 5.11 Å². The number of hydrogen-bond donors (Lipinski definition) is 2. The average Bonchev–Trinajstić information content (AvgIpc) is 2.46. The summed E-state index contributed by atoms with van der Waals surface area (Å²) in [5, 5.41) is 11.9. The van der Waals surface area contributed by atoms with Gasteiger partial charge in [-0.25, -0.2) is 9.59 Å². The van der Waals surface area contributed by atoms with Gasteiger partial charge in [-0.2, -0.15) is 0 Å². The number of carboxylic acids is 1. The molecule has 1 rings (SSSR count). The van der Waals surface area contributed by atoms with Crippen LogP contribution < -0.4 is 5.32 Å². The van der Waals surface area contributed by atoms with Crippen molar-refractivity contribution in [1.82, 2.24) is 10.2 Å². The fourth-order valence-corrected chi connectivity index (χ4v) is 1.88. The van der Waals surface area contributed by atoms with E-state index >= 15 is 0 Å². The number of nitrogens with zero attached hydrogens (tertiary/aromatic N) is 1. The summed E-state index contributed by atoms with van der Waals surface area (Å²) in [6.07, 6.45) is 1.35. The van der Waals surface area contributed by atoms with Crippen LogP contribution in [0.4, 0.5) is 4.79 Å². The summed E-state index contributed by atoms with van der Waals surface area (Å²) in [5.74, 6) is -0.943. The van der Waals surface area contributed by atoms with E-state index < -0.39 is 5.97 Å². The third-order valence-corrected chi connectivity index (χ3v) is 4.00. The molecule has 116 valence electrons. The highest BCUT2D eigenvalue weighted by Gasteiger charge is 2.25. The number of amides is 2. The molecule has 0 aliphatic heterocycles. The lowest BCUT2D eigenvalue weighted by molar-refractivity contribution is 0.0695. The summed E-state index contributed by atoms with van der Waals surface area (Å²) in [6, 6.07) is 6.70. The van der Waals surface area contributed by atoms with E-state index in [-0.39, 0.29) is 17.1 Å². The van der Waals surface area contributed by atoms with Crippen molar-refractivity contribution < 1.29 is 14.7 Å². The highest BCUT2D eigenvalue weighted by Crippen LogP contribution is 2.16. The fraction of sp³-hybridized carbons (Fsp3) is 0.500. The second-order valence-corrected chi connectivity index (χ2v) is 5.67. The molecule has 5 nitrogen and oxygen atoms in total. The van der Waals surface area contributed by atoms with E-state index in [0.717, 1.165) is 12.0 Å². The molecule has 0 unspecified atom stereocenters. The van der Waals surface area contributed by atoms with Crippen LogP contribution in [0.3, 0.4) is 0 Å². The second kappa shape index (κ2) is 7.11. The molecule has 0 aromatic heterocycles. The van der Waals surface area contributed by atoms with Crippen LogP contribution in [0.15, 0.2) is 24.3 Å². The molecule has 1 aromatic carbocycles. The van der Waals surface area contributed by atoms with Gasteiger partial charge in [-0.15, -0.1) is 0 Å². The predicted octanol–water partition coefficient (Wildman–Crippen LogP) is 2.76. The van der Waals surface area contributed by atoms with Crippen LogP contribution in [0.1, 0.15) is 43.1 Å². The Kier molecular flexibility index (Phi) is 5.76. The van der Waals surface area contributed by atoms with Crippen molar-refractivity contribution in [3.05, 3.63) is 35.4 Å². The maximum Gasteiger partial charge on any atom is 0.335 e. The largest absolute Gasteiger partial charge is 0.478 e. The normalized spacial score (nSPS) is 11.0. The lowest BCUT2D eigenvalue weighted by Gasteiger charge is -2.34. The molecule has 0 radical (unpaired) electrons. The lowest BCUT2D eigenvalue weighted by Crippen LogP contribution is -2.49. The van der Waals surface area contributed by atoms with Gasteiger partial charge in [0.15, 0.2) is 0 Å². The first-order valence-corrected chi connectivity index (χ1v) is 7.12. The zero-order valence-electron chi connectivity index (χ0n) is 13.1. The van der Waals surface area contributed by atoms with E-state index in [1.807, 2.05) is 20.8 Å². The maximum atomic E-state index is 12.1. The van der Waals surface area contributed by atoms with Crippen molar-refractivity contribution in [3.63, 3.8) is 0 Å². The molecule has 0 bridgehead atoms. The van der Waals surface area contributed by atoms with E-state index in [1.165, 1.54) is 0 Å². The van der Waals surface area contributed by atoms with Crippen LogP contribution in [0.25, 0.3) is 0 Å². The van der Waals surface area contributed by atoms with Crippen molar-refractivity contribution in [1.29, 1.82) is 0 Å². The first-order valence-electron chi connectivity index (χ1n) is 7.12. The third-order valence-electron chi connectivity index (χ3n) is 4.00. The van der Waals surface area contributed by atoms with E-state index in [2.05, 4.69) is 5.32 Å². The quantitative estimate of drug-likeness (QED) is 0.847. The summed E-state index contributed by atoms with van der Waals surface area (Å²) < 4.78 is 0. The van der Waals surface area contributed by atoms with Crippen LogP contribution in [-0.2, 0) is 6.42 Å². The second-order valence-electron chi connectivity index (χ2n) is 5.67. The van der Waals surface area contributed by atoms with Crippen molar-refractivity contribution in [2.75, 3.05) is 13.6 Å². The average molecular weight is 292 g/mol. The Morgan fingerprint density at radius 3 is 2.48 bits per heavy atom. The minimum absolute atomic E-state index is 0.144. The van der Waals surface area contributed by atoms with Crippen molar-refractivity contribution >= 4 is 12.0 Å². The molecule has 1 aromatic rings. The van der Waals surface area contributed by atoms with Crippen LogP contribution in [-0.4, -0.2) is 41.1 Å².